The van der Waals surface area contributed by atoms with Crippen molar-refractivity contribution in [2.45, 2.75) is 39.7 Å². The average Bonchev–Trinajstić information content (AvgIpc) is 2.05. The van der Waals surface area contributed by atoms with E-state index in [-0.39, 0.29) is 18.4 Å². The number of carbonyl (C=O) groups is 1. The third-order valence-corrected chi connectivity index (χ3v) is 1.99. The summed E-state index contributed by atoms with van der Waals surface area (Å²) in [5.74, 6) is 0.176. The molecule has 0 aromatic heterocycles. The van der Waals surface area contributed by atoms with Gasteiger partial charge >= 0.3 is 5.97 Å². The Labute approximate surface area is 86.4 Å². The molecule has 0 amide bonds. The van der Waals surface area contributed by atoms with E-state index in [0.29, 0.717) is 12.5 Å². The minimum Gasteiger partial charge on any atom is -0.464 e. The Morgan fingerprint density at radius 1 is 1.38 bits per heavy atom. The predicted molar refractivity (Wildman–Crippen MR) is 55.9 cm³/mol. The summed E-state index contributed by atoms with van der Waals surface area (Å²) in [6.07, 6.45) is 2.09. The van der Waals surface area contributed by atoms with Crippen LogP contribution in [0, 0.1) is 5.92 Å². The highest BCUT2D eigenvalue weighted by Gasteiger charge is 2.11. The molecular weight excluding hydrogens is 190 g/mol. The third kappa shape index (κ3) is 6.84. The Bertz CT molecular complexity index is 136. The highest BCUT2D eigenvalue weighted by atomic mass is 35.5. The van der Waals surface area contributed by atoms with Gasteiger partial charge < -0.3 is 10.5 Å². The van der Waals surface area contributed by atoms with Crippen molar-refractivity contribution < 1.29 is 9.53 Å². The van der Waals surface area contributed by atoms with Crippen LogP contribution in [0.25, 0.3) is 0 Å². The number of halogens is 1. The van der Waals surface area contributed by atoms with Crippen molar-refractivity contribution in [3.8, 4) is 0 Å². The van der Waals surface area contributed by atoms with Gasteiger partial charge in [-0.05, 0) is 12.8 Å². The number of hydrogen-bond acceptors (Lipinski definition) is 3. The van der Waals surface area contributed by atoms with E-state index in [2.05, 4.69) is 13.8 Å². The summed E-state index contributed by atoms with van der Waals surface area (Å²) in [5, 5.41) is 0. The molecule has 0 fully saturated rings. The molecule has 3 nitrogen and oxygen atoms in total. The van der Waals surface area contributed by atoms with Crippen molar-refractivity contribution in [1.29, 1.82) is 0 Å². The van der Waals surface area contributed by atoms with Crippen molar-refractivity contribution in [3.05, 3.63) is 0 Å². The molecule has 0 saturated carbocycles. The smallest absolute Gasteiger partial charge is 0.322 e. The Balaban J connectivity index is 0. The van der Waals surface area contributed by atoms with Crippen LogP contribution in [0.15, 0.2) is 0 Å². The summed E-state index contributed by atoms with van der Waals surface area (Å²) >= 11 is 0. The molecule has 0 bridgehead atoms. The van der Waals surface area contributed by atoms with E-state index >= 15 is 0 Å². The Morgan fingerprint density at radius 2 is 1.85 bits per heavy atom. The first-order valence-corrected chi connectivity index (χ1v) is 4.54. The number of nitrogens with two attached hydrogens (primary N) is 1. The van der Waals surface area contributed by atoms with Crippen LogP contribution in [0.3, 0.4) is 0 Å². The van der Waals surface area contributed by atoms with Gasteiger partial charge in [0, 0.05) is 0 Å². The molecule has 13 heavy (non-hydrogen) atoms. The molecule has 2 N–H and O–H groups in total. The molecule has 0 spiro atoms. The molecule has 4 heteroatoms. The maximum absolute atomic E-state index is 10.9. The van der Waals surface area contributed by atoms with Crippen molar-refractivity contribution in [3.63, 3.8) is 0 Å². The minimum absolute atomic E-state index is 0. The second kappa shape index (κ2) is 8.32. The van der Waals surface area contributed by atoms with Gasteiger partial charge in [-0.15, -0.1) is 12.4 Å². The lowest BCUT2D eigenvalue weighted by atomic mass is 10.1. The molecule has 0 rings (SSSR count). The van der Waals surface area contributed by atoms with Crippen molar-refractivity contribution in [1.82, 2.24) is 0 Å². The summed E-state index contributed by atoms with van der Waals surface area (Å²) in [6, 6.07) is -0.501. The number of rotatable bonds is 5. The largest absolute Gasteiger partial charge is 0.464 e. The molecule has 0 aliphatic carbocycles. The first-order valence-electron chi connectivity index (χ1n) is 4.54. The van der Waals surface area contributed by atoms with E-state index in [4.69, 9.17) is 10.5 Å². The molecule has 0 aliphatic rings. The number of ether oxygens (including phenoxy) is 1. The van der Waals surface area contributed by atoms with Gasteiger partial charge in [-0.1, -0.05) is 26.7 Å². The Kier molecular flexibility index (Phi) is 9.74. The second-order valence-corrected chi connectivity index (χ2v) is 3.10. The van der Waals surface area contributed by atoms with E-state index in [0.717, 1.165) is 12.8 Å². The summed E-state index contributed by atoms with van der Waals surface area (Å²) in [6.45, 7) is 6.32. The summed E-state index contributed by atoms with van der Waals surface area (Å²) in [4.78, 5) is 10.9. The molecular formula is C9H20ClNO2. The van der Waals surface area contributed by atoms with Crippen LogP contribution in [0.5, 0.6) is 0 Å². The SMILES string of the molecule is CCC(CC)COC(=O)[C@H](C)N.Cl. The van der Waals surface area contributed by atoms with Crippen molar-refractivity contribution in [2.24, 2.45) is 11.7 Å². The lowest BCUT2D eigenvalue weighted by Gasteiger charge is -2.13. The highest BCUT2D eigenvalue weighted by Crippen LogP contribution is 2.07. The quantitative estimate of drug-likeness (QED) is 0.702. The van der Waals surface area contributed by atoms with E-state index < -0.39 is 6.04 Å². The van der Waals surface area contributed by atoms with Gasteiger partial charge in [-0.3, -0.25) is 4.79 Å². The zero-order valence-corrected chi connectivity index (χ0v) is 9.39. The van der Waals surface area contributed by atoms with Gasteiger partial charge in [0.25, 0.3) is 0 Å². The van der Waals surface area contributed by atoms with Crippen molar-refractivity contribution in [2.75, 3.05) is 6.61 Å². The van der Waals surface area contributed by atoms with Gasteiger partial charge in [0.15, 0.2) is 0 Å². The molecule has 0 aromatic carbocycles. The zero-order valence-electron chi connectivity index (χ0n) is 8.58. The van der Waals surface area contributed by atoms with Gasteiger partial charge in [-0.25, -0.2) is 0 Å². The van der Waals surface area contributed by atoms with Crippen LogP contribution in [0.2, 0.25) is 0 Å². The zero-order chi connectivity index (χ0) is 9.56. The lowest BCUT2D eigenvalue weighted by molar-refractivity contribution is -0.146. The summed E-state index contributed by atoms with van der Waals surface area (Å²) < 4.78 is 4.98. The summed E-state index contributed by atoms with van der Waals surface area (Å²) in [7, 11) is 0. The molecule has 1 atom stereocenters. The van der Waals surface area contributed by atoms with Gasteiger partial charge in [0.1, 0.15) is 6.04 Å². The first kappa shape index (κ1) is 15.2. The standard InChI is InChI=1S/C9H19NO2.ClH/c1-4-8(5-2)6-12-9(11)7(3)10;/h7-8H,4-6,10H2,1-3H3;1H/t7-;/m0./s1. The molecule has 0 unspecified atom stereocenters. The fraction of sp³-hybridized carbons (Fsp3) is 0.889. The topological polar surface area (TPSA) is 52.3 Å². The maximum atomic E-state index is 10.9. The summed E-state index contributed by atoms with van der Waals surface area (Å²) in [5.41, 5.74) is 5.33. The van der Waals surface area contributed by atoms with Crippen LogP contribution in [-0.4, -0.2) is 18.6 Å². The lowest BCUT2D eigenvalue weighted by Crippen LogP contribution is -2.30. The fourth-order valence-corrected chi connectivity index (χ4v) is 0.856. The van der Waals surface area contributed by atoms with E-state index in [9.17, 15) is 4.79 Å². The van der Waals surface area contributed by atoms with Crippen LogP contribution < -0.4 is 5.73 Å². The normalized spacial score (nSPS) is 12.1. The highest BCUT2D eigenvalue weighted by molar-refractivity contribution is 5.85. The second-order valence-electron chi connectivity index (χ2n) is 3.10. The molecule has 0 aliphatic heterocycles. The minimum atomic E-state index is -0.501. The third-order valence-electron chi connectivity index (χ3n) is 1.99. The van der Waals surface area contributed by atoms with Crippen LogP contribution in [0.1, 0.15) is 33.6 Å². The molecule has 0 radical (unpaired) electrons. The number of carbonyl (C=O) groups excluding carboxylic acids is 1. The predicted octanol–water partition coefficient (Wildman–Crippen LogP) is 1.73. The van der Waals surface area contributed by atoms with E-state index in [1.807, 2.05) is 0 Å². The van der Waals surface area contributed by atoms with Gasteiger partial charge in [-0.2, -0.15) is 0 Å². The monoisotopic (exact) mass is 209 g/mol. The van der Waals surface area contributed by atoms with Gasteiger partial charge in [0.2, 0.25) is 0 Å². The van der Waals surface area contributed by atoms with Crippen LogP contribution in [0.4, 0.5) is 0 Å². The molecule has 0 saturated heterocycles. The van der Waals surface area contributed by atoms with Crippen LogP contribution in [-0.2, 0) is 9.53 Å². The van der Waals surface area contributed by atoms with E-state index in [1.54, 1.807) is 6.92 Å². The molecule has 0 heterocycles. The Hall–Kier alpha value is -0.280. The number of esters is 1. The average molecular weight is 210 g/mol. The maximum Gasteiger partial charge on any atom is 0.322 e. The number of hydrogen-bond donors (Lipinski definition) is 1. The van der Waals surface area contributed by atoms with Crippen molar-refractivity contribution >= 4 is 18.4 Å². The molecule has 0 aromatic rings. The first-order chi connectivity index (χ1) is 5.61. The molecule has 80 valence electrons. The Morgan fingerprint density at radius 3 is 2.15 bits per heavy atom. The van der Waals surface area contributed by atoms with Crippen LogP contribution >= 0.6 is 12.4 Å². The van der Waals surface area contributed by atoms with E-state index in [1.165, 1.54) is 0 Å². The van der Waals surface area contributed by atoms with Gasteiger partial charge in [0.05, 0.1) is 6.61 Å². The fourth-order valence-electron chi connectivity index (χ4n) is 0.856.